The first-order valence-corrected chi connectivity index (χ1v) is 7.55. The Morgan fingerprint density at radius 2 is 1.83 bits per heavy atom. The van der Waals surface area contributed by atoms with Crippen molar-refractivity contribution in [3.63, 3.8) is 0 Å². The van der Waals surface area contributed by atoms with Gasteiger partial charge in [-0.2, -0.15) is 0 Å². The molecular weight excluding hydrogens is 228 g/mol. The Morgan fingerprint density at radius 3 is 2.56 bits per heavy atom. The standard InChI is InChI=1S/C15H24O3/c16-14(13-4-3-8-17-11-13)12-5-9-18-15(10-12)6-1-2-7-15/h12-13H,1-11H2. The fraction of sp³-hybridized carbons (Fsp3) is 0.933. The van der Waals surface area contributed by atoms with Crippen molar-refractivity contribution in [2.45, 2.75) is 57.0 Å². The van der Waals surface area contributed by atoms with Gasteiger partial charge in [0.25, 0.3) is 0 Å². The van der Waals surface area contributed by atoms with Crippen molar-refractivity contribution in [2.75, 3.05) is 19.8 Å². The van der Waals surface area contributed by atoms with Gasteiger partial charge in [0.1, 0.15) is 5.78 Å². The minimum Gasteiger partial charge on any atom is -0.381 e. The molecule has 2 heterocycles. The molecule has 2 unspecified atom stereocenters. The van der Waals surface area contributed by atoms with Gasteiger partial charge in [0, 0.05) is 25.0 Å². The van der Waals surface area contributed by atoms with Gasteiger partial charge < -0.3 is 9.47 Å². The summed E-state index contributed by atoms with van der Waals surface area (Å²) < 4.78 is 11.5. The molecule has 1 spiro atoms. The molecule has 3 nitrogen and oxygen atoms in total. The molecule has 0 aromatic heterocycles. The Hall–Kier alpha value is -0.410. The molecule has 3 fully saturated rings. The topological polar surface area (TPSA) is 35.5 Å². The van der Waals surface area contributed by atoms with Gasteiger partial charge in [-0.25, -0.2) is 0 Å². The Labute approximate surface area is 109 Å². The van der Waals surface area contributed by atoms with E-state index in [9.17, 15) is 4.79 Å². The molecular formula is C15H24O3. The van der Waals surface area contributed by atoms with Crippen molar-refractivity contribution in [2.24, 2.45) is 11.8 Å². The maximum absolute atomic E-state index is 12.6. The molecule has 0 radical (unpaired) electrons. The number of carbonyl (C=O) groups excluding carboxylic acids is 1. The molecule has 3 heteroatoms. The van der Waals surface area contributed by atoms with Crippen molar-refractivity contribution < 1.29 is 14.3 Å². The molecule has 1 saturated carbocycles. The lowest BCUT2D eigenvalue weighted by molar-refractivity contribution is -0.143. The van der Waals surface area contributed by atoms with Gasteiger partial charge in [0.05, 0.1) is 12.2 Å². The Morgan fingerprint density at radius 1 is 1.00 bits per heavy atom. The predicted octanol–water partition coefficient (Wildman–Crippen LogP) is 2.72. The SMILES string of the molecule is O=C(C1CCCOC1)C1CCOC2(CCCC2)C1. The van der Waals surface area contributed by atoms with Crippen LogP contribution in [0.5, 0.6) is 0 Å². The van der Waals surface area contributed by atoms with E-state index >= 15 is 0 Å². The second kappa shape index (κ2) is 5.30. The maximum atomic E-state index is 12.6. The molecule has 3 aliphatic rings. The van der Waals surface area contributed by atoms with Gasteiger partial charge in [0.2, 0.25) is 0 Å². The van der Waals surface area contributed by atoms with E-state index < -0.39 is 0 Å². The number of hydrogen-bond donors (Lipinski definition) is 0. The number of ketones is 1. The van der Waals surface area contributed by atoms with E-state index in [0.717, 1.165) is 51.7 Å². The lowest BCUT2D eigenvalue weighted by atomic mass is 9.78. The summed E-state index contributed by atoms with van der Waals surface area (Å²) in [4.78, 5) is 12.6. The normalized spacial score (nSPS) is 35.8. The molecule has 0 aromatic rings. The zero-order valence-corrected chi connectivity index (χ0v) is 11.2. The summed E-state index contributed by atoms with van der Waals surface area (Å²) in [5.41, 5.74) is 0.0636. The predicted molar refractivity (Wildman–Crippen MR) is 68.4 cm³/mol. The smallest absolute Gasteiger partial charge is 0.141 e. The van der Waals surface area contributed by atoms with Crippen LogP contribution in [0.25, 0.3) is 0 Å². The molecule has 0 bridgehead atoms. The monoisotopic (exact) mass is 252 g/mol. The molecule has 2 aliphatic heterocycles. The third-order valence-electron chi connectivity index (χ3n) is 4.97. The average molecular weight is 252 g/mol. The van der Waals surface area contributed by atoms with Gasteiger partial charge in [-0.1, -0.05) is 12.8 Å². The third-order valence-corrected chi connectivity index (χ3v) is 4.97. The number of hydrogen-bond acceptors (Lipinski definition) is 3. The van der Waals surface area contributed by atoms with Crippen LogP contribution in [-0.2, 0) is 14.3 Å². The summed E-state index contributed by atoms with van der Waals surface area (Å²) in [5.74, 6) is 0.869. The van der Waals surface area contributed by atoms with Crippen molar-refractivity contribution in [3.8, 4) is 0 Å². The van der Waals surface area contributed by atoms with Crippen LogP contribution in [-0.4, -0.2) is 31.2 Å². The largest absolute Gasteiger partial charge is 0.381 e. The minimum atomic E-state index is 0.0636. The lowest BCUT2D eigenvalue weighted by Gasteiger charge is -2.39. The molecule has 0 aromatic carbocycles. The van der Waals surface area contributed by atoms with Crippen molar-refractivity contribution in [1.29, 1.82) is 0 Å². The average Bonchev–Trinajstić information content (AvgIpc) is 2.87. The Balaban J connectivity index is 1.62. The quantitative estimate of drug-likeness (QED) is 0.758. The molecule has 2 atom stereocenters. The summed E-state index contributed by atoms with van der Waals surface area (Å²) >= 11 is 0. The highest BCUT2D eigenvalue weighted by atomic mass is 16.5. The fourth-order valence-electron chi connectivity index (χ4n) is 3.94. The third kappa shape index (κ3) is 2.48. The van der Waals surface area contributed by atoms with Crippen LogP contribution >= 0.6 is 0 Å². The van der Waals surface area contributed by atoms with E-state index in [1.165, 1.54) is 12.8 Å². The first-order chi connectivity index (χ1) is 8.79. The molecule has 18 heavy (non-hydrogen) atoms. The summed E-state index contributed by atoms with van der Waals surface area (Å²) in [6.45, 7) is 2.27. The highest BCUT2D eigenvalue weighted by molar-refractivity contribution is 5.83. The second-order valence-electron chi connectivity index (χ2n) is 6.24. The van der Waals surface area contributed by atoms with Gasteiger partial charge in [-0.15, -0.1) is 0 Å². The molecule has 3 rings (SSSR count). The lowest BCUT2D eigenvalue weighted by Crippen LogP contribution is -2.42. The highest BCUT2D eigenvalue weighted by Gasteiger charge is 2.43. The molecule has 2 saturated heterocycles. The summed E-state index contributed by atoms with van der Waals surface area (Å²) in [6, 6.07) is 0. The van der Waals surface area contributed by atoms with Crippen LogP contribution < -0.4 is 0 Å². The number of carbonyl (C=O) groups is 1. The first kappa shape index (κ1) is 12.6. The number of rotatable bonds is 2. The Kier molecular flexibility index (Phi) is 3.71. The van der Waals surface area contributed by atoms with Crippen LogP contribution in [0.4, 0.5) is 0 Å². The van der Waals surface area contributed by atoms with Crippen molar-refractivity contribution in [3.05, 3.63) is 0 Å². The van der Waals surface area contributed by atoms with Crippen LogP contribution in [0.1, 0.15) is 51.4 Å². The van der Waals surface area contributed by atoms with E-state index in [1.54, 1.807) is 0 Å². The summed E-state index contributed by atoms with van der Waals surface area (Å²) in [5, 5.41) is 0. The van der Waals surface area contributed by atoms with Crippen LogP contribution in [0.3, 0.4) is 0 Å². The molecule has 1 aliphatic carbocycles. The maximum Gasteiger partial charge on any atom is 0.141 e. The van der Waals surface area contributed by atoms with Crippen LogP contribution in [0, 0.1) is 11.8 Å². The van der Waals surface area contributed by atoms with E-state index in [2.05, 4.69) is 0 Å². The summed E-state index contributed by atoms with van der Waals surface area (Å²) in [7, 11) is 0. The second-order valence-corrected chi connectivity index (χ2v) is 6.24. The fourth-order valence-corrected chi connectivity index (χ4v) is 3.94. The Bertz CT molecular complexity index is 301. The van der Waals surface area contributed by atoms with Gasteiger partial charge in [-0.3, -0.25) is 4.79 Å². The van der Waals surface area contributed by atoms with Crippen LogP contribution in [0.15, 0.2) is 0 Å². The van der Waals surface area contributed by atoms with Gasteiger partial charge in [0.15, 0.2) is 0 Å². The zero-order chi connectivity index (χ0) is 12.4. The van der Waals surface area contributed by atoms with Crippen molar-refractivity contribution in [1.82, 2.24) is 0 Å². The van der Waals surface area contributed by atoms with Gasteiger partial charge >= 0.3 is 0 Å². The van der Waals surface area contributed by atoms with E-state index in [0.29, 0.717) is 12.4 Å². The molecule has 102 valence electrons. The molecule has 0 amide bonds. The first-order valence-electron chi connectivity index (χ1n) is 7.55. The van der Waals surface area contributed by atoms with E-state index in [4.69, 9.17) is 9.47 Å². The minimum absolute atomic E-state index is 0.0636. The van der Waals surface area contributed by atoms with Gasteiger partial charge in [-0.05, 0) is 38.5 Å². The number of Topliss-reactive ketones (excluding diaryl/α,β-unsaturated/α-hetero) is 1. The van der Waals surface area contributed by atoms with Crippen LogP contribution in [0.2, 0.25) is 0 Å². The highest BCUT2D eigenvalue weighted by Crippen LogP contribution is 2.43. The summed E-state index contributed by atoms with van der Waals surface area (Å²) in [6.07, 6.45) is 8.85. The molecule has 0 N–H and O–H groups in total. The van der Waals surface area contributed by atoms with Crippen molar-refractivity contribution >= 4 is 5.78 Å². The van der Waals surface area contributed by atoms with E-state index in [-0.39, 0.29) is 17.4 Å². The zero-order valence-electron chi connectivity index (χ0n) is 11.2. The van der Waals surface area contributed by atoms with E-state index in [1.807, 2.05) is 0 Å². The number of ether oxygens (including phenoxy) is 2.